The molecule has 0 fully saturated rings. The lowest BCUT2D eigenvalue weighted by Gasteiger charge is -2.01. The molecule has 1 amide bonds. The summed E-state index contributed by atoms with van der Waals surface area (Å²) in [7, 11) is 1.68. The summed E-state index contributed by atoms with van der Waals surface area (Å²) in [6.45, 7) is 0. The Bertz CT molecular complexity index is 582. The highest BCUT2D eigenvalue weighted by Crippen LogP contribution is 2.12. The summed E-state index contributed by atoms with van der Waals surface area (Å²) in [5, 5.41) is 15.4. The van der Waals surface area contributed by atoms with Gasteiger partial charge in [-0.2, -0.15) is 10.4 Å². The van der Waals surface area contributed by atoms with Gasteiger partial charge in [0.1, 0.15) is 11.6 Å². The third kappa shape index (κ3) is 2.29. The molecule has 6 nitrogen and oxygen atoms in total. The number of hydrogen-bond acceptors (Lipinski definition) is 4. The SMILES string of the molecule is Cn1cc(C#N)c(NC(=O)c2ccncc2)n1. The van der Waals surface area contributed by atoms with Gasteiger partial charge in [0.15, 0.2) is 5.82 Å². The number of pyridine rings is 1. The molecule has 17 heavy (non-hydrogen) atoms. The summed E-state index contributed by atoms with van der Waals surface area (Å²) in [6.07, 6.45) is 4.60. The van der Waals surface area contributed by atoms with E-state index in [4.69, 9.17) is 5.26 Å². The second-order valence-electron chi connectivity index (χ2n) is 3.37. The van der Waals surface area contributed by atoms with Gasteiger partial charge in [-0.1, -0.05) is 0 Å². The van der Waals surface area contributed by atoms with Gasteiger partial charge in [-0.25, -0.2) is 0 Å². The van der Waals surface area contributed by atoms with Crippen molar-refractivity contribution in [2.75, 3.05) is 5.32 Å². The lowest BCUT2D eigenvalue weighted by atomic mass is 10.2. The second-order valence-corrected chi connectivity index (χ2v) is 3.37. The summed E-state index contributed by atoms with van der Waals surface area (Å²) < 4.78 is 1.47. The van der Waals surface area contributed by atoms with Gasteiger partial charge in [-0.05, 0) is 12.1 Å². The molecule has 0 unspecified atom stereocenters. The van der Waals surface area contributed by atoms with Crippen LogP contribution in [0.25, 0.3) is 0 Å². The van der Waals surface area contributed by atoms with Gasteiger partial charge in [0.05, 0.1) is 0 Å². The first-order valence-corrected chi connectivity index (χ1v) is 4.86. The number of rotatable bonds is 2. The fourth-order valence-corrected chi connectivity index (χ4v) is 1.35. The predicted octanol–water partition coefficient (Wildman–Crippen LogP) is 0.939. The third-order valence-corrected chi connectivity index (χ3v) is 2.12. The van der Waals surface area contributed by atoms with Crippen molar-refractivity contribution in [3.05, 3.63) is 41.9 Å². The van der Waals surface area contributed by atoms with Crippen molar-refractivity contribution in [3.63, 3.8) is 0 Å². The predicted molar refractivity (Wildman–Crippen MR) is 60.1 cm³/mol. The Hall–Kier alpha value is -2.68. The number of amides is 1. The molecule has 2 heterocycles. The molecule has 2 rings (SSSR count). The number of carbonyl (C=O) groups is 1. The minimum Gasteiger partial charge on any atom is -0.304 e. The van der Waals surface area contributed by atoms with Gasteiger partial charge in [-0.15, -0.1) is 0 Å². The Morgan fingerprint density at radius 2 is 2.18 bits per heavy atom. The lowest BCUT2D eigenvalue weighted by Crippen LogP contribution is -2.13. The lowest BCUT2D eigenvalue weighted by molar-refractivity contribution is 0.102. The molecule has 0 aromatic carbocycles. The van der Waals surface area contributed by atoms with Crippen LogP contribution < -0.4 is 5.32 Å². The van der Waals surface area contributed by atoms with Crippen LogP contribution in [0.4, 0.5) is 5.82 Å². The average molecular weight is 227 g/mol. The van der Waals surface area contributed by atoms with Crippen molar-refractivity contribution in [3.8, 4) is 6.07 Å². The monoisotopic (exact) mass is 227 g/mol. The molecule has 2 aromatic heterocycles. The molecular weight excluding hydrogens is 218 g/mol. The normalized spacial score (nSPS) is 9.65. The van der Waals surface area contributed by atoms with Gasteiger partial charge in [-0.3, -0.25) is 14.5 Å². The van der Waals surface area contributed by atoms with Crippen LogP contribution in [0, 0.1) is 11.3 Å². The molecule has 0 aliphatic heterocycles. The second kappa shape index (κ2) is 4.45. The highest BCUT2D eigenvalue weighted by molar-refractivity contribution is 6.04. The van der Waals surface area contributed by atoms with E-state index in [1.165, 1.54) is 17.1 Å². The molecule has 0 saturated heterocycles. The Morgan fingerprint density at radius 3 is 2.82 bits per heavy atom. The molecule has 2 aromatic rings. The number of nitrogens with one attached hydrogen (secondary N) is 1. The van der Waals surface area contributed by atoms with Crippen LogP contribution in [-0.2, 0) is 7.05 Å². The molecule has 0 saturated carbocycles. The Balaban J connectivity index is 2.22. The fourth-order valence-electron chi connectivity index (χ4n) is 1.35. The first-order valence-electron chi connectivity index (χ1n) is 4.86. The summed E-state index contributed by atoms with van der Waals surface area (Å²) in [6, 6.07) is 5.14. The molecule has 0 bridgehead atoms. The number of carbonyl (C=O) groups excluding carboxylic acids is 1. The van der Waals surface area contributed by atoms with E-state index >= 15 is 0 Å². The van der Waals surface area contributed by atoms with Gasteiger partial charge >= 0.3 is 0 Å². The molecule has 0 aliphatic carbocycles. The van der Waals surface area contributed by atoms with E-state index in [9.17, 15) is 4.79 Å². The standard InChI is InChI=1S/C11H9N5O/c1-16-7-9(6-12)10(15-16)14-11(17)8-2-4-13-5-3-8/h2-5,7H,1H3,(H,14,15,17). The fraction of sp³-hybridized carbons (Fsp3) is 0.0909. The minimum absolute atomic E-state index is 0.261. The molecular formula is C11H9N5O. The number of hydrogen-bond donors (Lipinski definition) is 1. The van der Waals surface area contributed by atoms with Crippen molar-refractivity contribution in [1.29, 1.82) is 5.26 Å². The van der Waals surface area contributed by atoms with E-state index in [0.717, 1.165) is 0 Å². The van der Waals surface area contributed by atoms with Crippen LogP contribution in [0.2, 0.25) is 0 Å². The maximum atomic E-state index is 11.8. The molecule has 0 atom stereocenters. The van der Waals surface area contributed by atoms with E-state index in [2.05, 4.69) is 15.4 Å². The first kappa shape index (κ1) is 10.8. The molecule has 84 valence electrons. The summed E-state index contributed by atoms with van der Waals surface area (Å²) >= 11 is 0. The van der Waals surface area contributed by atoms with Gasteiger partial charge < -0.3 is 5.32 Å². The smallest absolute Gasteiger partial charge is 0.257 e. The van der Waals surface area contributed by atoms with Crippen molar-refractivity contribution >= 4 is 11.7 Å². The van der Waals surface area contributed by atoms with Gasteiger partial charge in [0, 0.05) is 31.2 Å². The summed E-state index contributed by atoms with van der Waals surface area (Å²) in [5.74, 6) is -0.0561. The van der Waals surface area contributed by atoms with Crippen LogP contribution in [0.15, 0.2) is 30.7 Å². The molecule has 6 heteroatoms. The van der Waals surface area contributed by atoms with Crippen LogP contribution in [0.1, 0.15) is 15.9 Å². The summed E-state index contributed by atoms with van der Waals surface area (Å²) in [5.41, 5.74) is 0.796. The number of aryl methyl sites for hydroxylation is 1. The zero-order valence-electron chi connectivity index (χ0n) is 9.08. The van der Waals surface area contributed by atoms with E-state index < -0.39 is 0 Å². The number of aromatic nitrogens is 3. The zero-order chi connectivity index (χ0) is 12.3. The first-order chi connectivity index (χ1) is 8.20. The maximum absolute atomic E-state index is 11.8. The number of nitriles is 1. The van der Waals surface area contributed by atoms with E-state index in [-0.39, 0.29) is 11.7 Å². The highest BCUT2D eigenvalue weighted by atomic mass is 16.1. The van der Waals surface area contributed by atoms with Crippen LogP contribution >= 0.6 is 0 Å². The average Bonchev–Trinajstić information content (AvgIpc) is 2.70. The molecule has 0 aliphatic rings. The zero-order valence-corrected chi connectivity index (χ0v) is 9.08. The van der Waals surface area contributed by atoms with Crippen LogP contribution in [-0.4, -0.2) is 20.7 Å². The maximum Gasteiger partial charge on any atom is 0.257 e. The van der Waals surface area contributed by atoms with Crippen molar-refractivity contribution < 1.29 is 4.79 Å². The number of anilines is 1. The van der Waals surface area contributed by atoms with Crippen molar-refractivity contribution in [2.24, 2.45) is 7.05 Å². The largest absolute Gasteiger partial charge is 0.304 e. The van der Waals surface area contributed by atoms with Crippen molar-refractivity contribution in [1.82, 2.24) is 14.8 Å². The summed E-state index contributed by atoms with van der Waals surface area (Å²) in [4.78, 5) is 15.6. The Kier molecular flexibility index (Phi) is 2.83. The third-order valence-electron chi connectivity index (χ3n) is 2.12. The van der Waals surface area contributed by atoms with Crippen LogP contribution in [0.3, 0.4) is 0 Å². The molecule has 1 N–H and O–H groups in total. The minimum atomic E-state index is -0.317. The highest BCUT2D eigenvalue weighted by Gasteiger charge is 2.11. The van der Waals surface area contributed by atoms with Crippen LogP contribution in [0.5, 0.6) is 0 Å². The van der Waals surface area contributed by atoms with Gasteiger partial charge in [0.25, 0.3) is 5.91 Å². The Morgan fingerprint density at radius 1 is 1.47 bits per heavy atom. The number of nitrogens with zero attached hydrogens (tertiary/aromatic N) is 4. The van der Waals surface area contributed by atoms with E-state index in [0.29, 0.717) is 11.1 Å². The van der Waals surface area contributed by atoms with E-state index in [1.807, 2.05) is 6.07 Å². The van der Waals surface area contributed by atoms with Crippen molar-refractivity contribution in [2.45, 2.75) is 0 Å². The topological polar surface area (TPSA) is 83.6 Å². The van der Waals surface area contributed by atoms with E-state index in [1.54, 1.807) is 25.4 Å². The quantitative estimate of drug-likeness (QED) is 0.827. The Labute approximate surface area is 97.5 Å². The van der Waals surface area contributed by atoms with Gasteiger partial charge in [0.2, 0.25) is 0 Å². The molecule has 0 spiro atoms. The molecule has 0 radical (unpaired) electrons.